The molecule has 0 amide bonds. The molecule has 64 heavy (non-hydrogen) atoms. The molecule has 0 atom stereocenters. The molecule has 2 aliphatic rings. The van der Waals surface area contributed by atoms with Gasteiger partial charge in [0.2, 0.25) is 0 Å². The van der Waals surface area contributed by atoms with Crippen LogP contribution in [0.3, 0.4) is 0 Å². The summed E-state index contributed by atoms with van der Waals surface area (Å²) in [5.41, 5.74) is 11.2. The van der Waals surface area contributed by atoms with Crippen molar-refractivity contribution in [2.45, 2.75) is 224 Å². The van der Waals surface area contributed by atoms with Crippen LogP contribution in [-0.4, -0.2) is 25.2 Å². The van der Waals surface area contributed by atoms with Gasteiger partial charge in [0.15, 0.2) is 0 Å². The number of unbranched alkanes of at least 4 members (excludes halogenated alkanes) is 14. The lowest BCUT2D eigenvalue weighted by atomic mass is 9.72. The zero-order valence-electron chi connectivity index (χ0n) is 43.5. The van der Waals surface area contributed by atoms with Gasteiger partial charge in [0.05, 0.1) is 0 Å². The first-order chi connectivity index (χ1) is 30.5. The van der Waals surface area contributed by atoms with Crippen molar-refractivity contribution in [1.82, 2.24) is 0 Å². The molecule has 0 aliphatic heterocycles. The largest absolute Gasteiger partial charge is 0.462 e. The Morgan fingerprint density at radius 2 is 0.891 bits per heavy atom. The summed E-state index contributed by atoms with van der Waals surface area (Å²) >= 11 is 0. The zero-order valence-corrected chi connectivity index (χ0v) is 43.5. The molecule has 0 N–H and O–H groups in total. The maximum Gasteiger partial charge on any atom is 0.306 e. The second-order valence-electron chi connectivity index (χ2n) is 20.2. The number of esters is 2. The third-order valence-corrected chi connectivity index (χ3v) is 12.9. The molecule has 4 nitrogen and oxygen atoms in total. The zero-order chi connectivity index (χ0) is 47.6. The molecule has 0 unspecified atom stereocenters. The molecule has 360 valence electrons. The van der Waals surface area contributed by atoms with E-state index in [-0.39, 0.29) is 22.8 Å². The average molecular weight is 881 g/mol. The fraction of sp³-hybridized carbons (Fsp3) is 0.633. The molecule has 0 aromatic heterocycles. The molecular weight excluding hydrogens is 785 g/mol. The highest BCUT2D eigenvalue weighted by molar-refractivity contribution is 5.69. The van der Waals surface area contributed by atoms with E-state index in [4.69, 9.17) is 9.47 Å². The van der Waals surface area contributed by atoms with Crippen LogP contribution in [0.15, 0.2) is 117 Å². The first-order valence-corrected chi connectivity index (χ1v) is 25.6. The van der Waals surface area contributed by atoms with Crippen LogP contribution in [0.5, 0.6) is 0 Å². The van der Waals surface area contributed by atoms with E-state index in [1.165, 1.54) is 162 Å². The third-order valence-electron chi connectivity index (χ3n) is 12.9. The molecule has 0 aromatic rings. The van der Waals surface area contributed by atoms with Crippen LogP contribution < -0.4 is 0 Å². The molecule has 2 rings (SSSR count). The molecule has 0 saturated heterocycles. The molecule has 4 heteroatoms. The fourth-order valence-electron chi connectivity index (χ4n) is 8.67. The van der Waals surface area contributed by atoms with Gasteiger partial charge in [-0.25, -0.2) is 0 Å². The molecule has 0 radical (unpaired) electrons. The topological polar surface area (TPSA) is 52.6 Å². The number of rotatable bonds is 28. The van der Waals surface area contributed by atoms with E-state index in [0.29, 0.717) is 19.6 Å². The van der Waals surface area contributed by atoms with Crippen LogP contribution in [0.2, 0.25) is 0 Å². The monoisotopic (exact) mass is 881 g/mol. The van der Waals surface area contributed by atoms with E-state index in [0.717, 1.165) is 24.0 Å². The van der Waals surface area contributed by atoms with E-state index in [1.54, 1.807) is 0 Å². The second-order valence-corrected chi connectivity index (χ2v) is 20.2. The minimum absolute atomic E-state index is 0.0705. The Balaban J connectivity index is 0.000000725. The maximum absolute atomic E-state index is 12.0. The predicted molar refractivity (Wildman–Crippen MR) is 279 cm³/mol. The number of hydrogen-bond donors (Lipinski definition) is 0. The van der Waals surface area contributed by atoms with E-state index < -0.39 is 0 Å². The van der Waals surface area contributed by atoms with Gasteiger partial charge >= 0.3 is 11.9 Å². The fourth-order valence-corrected chi connectivity index (χ4v) is 8.67. The van der Waals surface area contributed by atoms with Crippen molar-refractivity contribution in [2.75, 3.05) is 13.2 Å². The summed E-state index contributed by atoms with van der Waals surface area (Å²) in [7, 11) is 0. The van der Waals surface area contributed by atoms with Crippen molar-refractivity contribution in [3.63, 3.8) is 0 Å². The lowest BCUT2D eigenvalue weighted by molar-refractivity contribution is -0.142. The molecule has 0 fully saturated rings. The Bertz CT molecular complexity index is 1670. The van der Waals surface area contributed by atoms with Crippen LogP contribution in [-0.2, 0) is 19.1 Å². The highest BCUT2D eigenvalue weighted by Crippen LogP contribution is 2.42. The molecule has 0 heterocycles. The Hall–Kier alpha value is -3.66. The van der Waals surface area contributed by atoms with Gasteiger partial charge in [-0.05, 0) is 121 Å². The number of carbonyl (C=O) groups excluding carboxylic acids is 2. The van der Waals surface area contributed by atoms with Crippen molar-refractivity contribution < 1.29 is 19.1 Å². The summed E-state index contributed by atoms with van der Waals surface area (Å²) in [5.74, 6) is -0.321. The highest BCUT2D eigenvalue weighted by atomic mass is 16.5. The summed E-state index contributed by atoms with van der Waals surface area (Å²) in [4.78, 5) is 22.8. The predicted octanol–water partition coefficient (Wildman–Crippen LogP) is 18.4. The molecule has 0 aromatic carbocycles. The van der Waals surface area contributed by atoms with E-state index in [1.807, 2.05) is 31.2 Å². The summed E-state index contributed by atoms with van der Waals surface area (Å²) in [5, 5.41) is 0. The third kappa shape index (κ3) is 29.0. The van der Waals surface area contributed by atoms with Crippen LogP contribution in [0, 0.1) is 10.8 Å². The minimum Gasteiger partial charge on any atom is -0.462 e. The average Bonchev–Trinajstić information content (AvgIpc) is 3.21. The number of hydrogen-bond acceptors (Lipinski definition) is 4. The quantitative estimate of drug-likeness (QED) is 0.0446. The van der Waals surface area contributed by atoms with Gasteiger partial charge in [-0.3, -0.25) is 9.59 Å². The first-order valence-electron chi connectivity index (χ1n) is 25.6. The second kappa shape index (κ2) is 34.7. The van der Waals surface area contributed by atoms with Gasteiger partial charge in [0.1, 0.15) is 13.2 Å². The smallest absolute Gasteiger partial charge is 0.306 e. The van der Waals surface area contributed by atoms with Crippen LogP contribution in [0.1, 0.15) is 224 Å². The van der Waals surface area contributed by atoms with Gasteiger partial charge in [-0.2, -0.15) is 0 Å². The lowest BCUT2D eigenvalue weighted by Gasteiger charge is -2.33. The van der Waals surface area contributed by atoms with Crippen molar-refractivity contribution in [3.05, 3.63) is 117 Å². The van der Waals surface area contributed by atoms with Crippen molar-refractivity contribution in [2.24, 2.45) is 10.8 Å². The van der Waals surface area contributed by atoms with Crippen molar-refractivity contribution in [1.29, 1.82) is 0 Å². The van der Waals surface area contributed by atoms with Crippen LogP contribution in [0.4, 0.5) is 0 Å². The molecule has 0 bridgehead atoms. The molecule has 2 aliphatic carbocycles. The Morgan fingerprint density at radius 3 is 1.27 bits per heavy atom. The summed E-state index contributed by atoms with van der Waals surface area (Å²) in [6.07, 6.45) is 53.5. The van der Waals surface area contributed by atoms with Crippen LogP contribution in [0.25, 0.3) is 0 Å². The van der Waals surface area contributed by atoms with E-state index >= 15 is 0 Å². The van der Waals surface area contributed by atoms with E-state index in [9.17, 15) is 9.59 Å². The molecule has 0 spiro atoms. The number of carbonyl (C=O) groups is 2. The van der Waals surface area contributed by atoms with Crippen molar-refractivity contribution in [3.8, 4) is 0 Å². The van der Waals surface area contributed by atoms with Crippen molar-refractivity contribution >= 4 is 11.9 Å². The summed E-state index contributed by atoms with van der Waals surface area (Å²) < 4.78 is 10.3. The Kier molecular flexibility index (Phi) is 31.6. The van der Waals surface area contributed by atoms with E-state index in [2.05, 4.69) is 118 Å². The number of ether oxygens (including phenoxy) is 2. The Labute approximate surface area is 395 Å². The molecule has 0 saturated carbocycles. The van der Waals surface area contributed by atoms with Gasteiger partial charge in [0.25, 0.3) is 0 Å². The van der Waals surface area contributed by atoms with Crippen LogP contribution >= 0.6 is 0 Å². The summed E-state index contributed by atoms with van der Waals surface area (Å²) in [6.45, 7) is 26.6. The van der Waals surface area contributed by atoms with Gasteiger partial charge in [-0.15, -0.1) is 0 Å². The standard InChI is InChI=1S/C38H64O2.C22H32O2/c1-7-8-9-10-11-12-13-14-15-16-17-18-19-20-21-27-37(39)40-32-30-34(3)25-22-24-33(2)28-29-36-35(4)26-23-31-38(36,5)6;1-17(9-7-10-18(2)14-16-24-20(4)23)12-13-21-19(3)11-8-15-22(21,5)6/h22,24-25,28-30H,7-21,23,26-27,31-32H2,1-6H3;7,9-10,12-14H,8,11,15-16H2,1-6H3. The maximum atomic E-state index is 12.0. The lowest BCUT2D eigenvalue weighted by Crippen LogP contribution is -2.19. The SMILES string of the molecule is CC(=O)OCC=C(C)C=CC=C(C)C=CC1=C(C)CCCC1(C)C.CCCCCCCCCCCCCCCCCC(=O)OCC=C(C)C=CC=C(C)C=CC1=C(C)CCCC1(C)C. The van der Waals surface area contributed by atoms with Gasteiger partial charge in [-0.1, -0.05) is 219 Å². The normalized spacial score (nSPS) is 17.6. The van der Waals surface area contributed by atoms with Gasteiger partial charge < -0.3 is 9.47 Å². The first kappa shape index (κ1) is 58.4. The van der Waals surface area contributed by atoms with Gasteiger partial charge in [0, 0.05) is 13.3 Å². The summed E-state index contributed by atoms with van der Waals surface area (Å²) in [6, 6.07) is 0. The minimum atomic E-state index is -0.251. The molecular formula is C60H96O4. The Morgan fingerprint density at radius 1 is 0.516 bits per heavy atom. The number of allylic oxidation sites excluding steroid dienone is 18. The highest BCUT2D eigenvalue weighted by Gasteiger charge is 2.27.